The average molecular weight is 262 g/mol. The first-order valence-electron chi connectivity index (χ1n) is 6.01. The number of nitrogens with zero attached hydrogens (tertiary/aromatic N) is 4. The van der Waals surface area contributed by atoms with Crippen LogP contribution in [0.5, 0.6) is 0 Å². The maximum atomic E-state index is 9.21. The van der Waals surface area contributed by atoms with Gasteiger partial charge in [-0.05, 0) is 12.1 Å². The number of hydrogen-bond acceptors (Lipinski definition) is 6. The molecule has 1 aliphatic rings. The molecule has 2 atom stereocenters. The van der Waals surface area contributed by atoms with Crippen molar-refractivity contribution in [2.24, 2.45) is 0 Å². The van der Waals surface area contributed by atoms with Crippen LogP contribution >= 0.6 is 0 Å². The first-order valence-corrected chi connectivity index (χ1v) is 6.01. The second-order valence-corrected chi connectivity index (χ2v) is 4.26. The summed E-state index contributed by atoms with van der Waals surface area (Å²) in [4.78, 5) is 5.76. The molecule has 1 aliphatic heterocycles. The molecule has 7 nitrogen and oxygen atoms in total. The standard InChI is InChI=1S/C12H14N4O3/c17-7-10-8-18-12(19-10,9-16-14-5-6-15-16)11-3-1-2-4-13-11/h1-6,10,17H,7-9H2/t10-,12-/m0/s1. The highest BCUT2D eigenvalue weighted by Gasteiger charge is 2.45. The van der Waals surface area contributed by atoms with Crippen molar-refractivity contribution in [1.82, 2.24) is 20.0 Å². The summed E-state index contributed by atoms with van der Waals surface area (Å²) in [6.45, 7) is 0.503. The molecule has 100 valence electrons. The van der Waals surface area contributed by atoms with Gasteiger partial charge in [0.1, 0.15) is 18.3 Å². The first kappa shape index (κ1) is 12.2. The Balaban J connectivity index is 1.92. The van der Waals surface area contributed by atoms with Crippen LogP contribution in [0.3, 0.4) is 0 Å². The van der Waals surface area contributed by atoms with E-state index < -0.39 is 5.79 Å². The normalized spacial score (nSPS) is 26.7. The zero-order chi connectivity index (χ0) is 13.1. The van der Waals surface area contributed by atoms with Gasteiger partial charge in [0.15, 0.2) is 0 Å². The summed E-state index contributed by atoms with van der Waals surface area (Å²) in [5.41, 5.74) is 0.642. The summed E-state index contributed by atoms with van der Waals surface area (Å²) in [5.74, 6) is -1.05. The van der Waals surface area contributed by atoms with Crippen LogP contribution in [0, 0.1) is 0 Å². The molecular weight excluding hydrogens is 248 g/mol. The van der Waals surface area contributed by atoms with Gasteiger partial charge in [0.25, 0.3) is 0 Å². The Morgan fingerprint density at radius 1 is 1.32 bits per heavy atom. The lowest BCUT2D eigenvalue weighted by Gasteiger charge is -2.26. The molecule has 3 rings (SSSR count). The van der Waals surface area contributed by atoms with E-state index in [2.05, 4.69) is 15.2 Å². The molecule has 0 aromatic carbocycles. The van der Waals surface area contributed by atoms with Crippen LogP contribution in [0.25, 0.3) is 0 Å². The summed E-state index contributed by atoms with van der Waals surface area (Å²) in [6.07, 6.45) is 4.49. The Hall–Kier alpha value is -1.83. The highest BCUT2D eigenvalue weighted by atomic mass is 16.7. The van der Waals surface area contributed by atoms with Crippen molar-refractivity contribution in [3.05, 3.63) is 42.5 Å². The summed E-state index contributed by atoms with van der Waals surface area (Å²) >= 11 is 0. The van der Waals surface area contributed by atoms with E-state index in [1.807, 2.05) is 18.2 Å². The van der Waals surface area contributed by atoms with Gasteiger partial charge in [0.2, 0.25) is 5.79 Å². The minimum Gasteiger partial charge on any atom is -0.394 e. The van der Waals surface area contributed by atoms with E-state index in [4.69, 9.17) is 9.47 Å². The average Bonchev–Trinajstić information content (AvgIpc) is 3.10. The Labute approximate surface area is 109 Å². The number of aliphatic hydroxyl groups excluding tert-OH is 1. The van der Waals surface area contributed by atoms with Gasteiger partial charge in [-0.25, -0.2) is 0 Å². The van der Waals surface area contributed by atoms with Crippen molar-refractivity contribution in [3.8, 4) is 0 Å². The van der Waals surface area contributed by atoms with Gasteiger partial charge >= 0.3 is 0 Å². The van der Waals surface area contributed by atoms with Gasteiger partial charge in [-0.1, -0.05) is 6.07 Å². The molecular formula is C12H14N4O3. The molecule has 1 saturated heterocycles. The highest BCUT2D eigenvalue weighted by molar-refractivity contribution is 5.11. The predicted octanol–water partition coefficient (Wildman–Crippen LogP) is -0.0662. The quantitative estimate of drug-likeness (QED) is 0.830. The number of aromatic nitrogens is 4. The van der Waals surface area contributed by atoms with E-state index in [1.54, 1.807) is 18.6 Å². The number of rotatable bonds is 4. The monoisotopic (exact) mass is 262 g/mol. The third-order valence-electron chi connectivity index (χ3n) is 2.93. The van der Waals surface area contributed by atoms with Crippen LogP contribution in [-0.2, 0) is 21.8 Å². The van der Waals surface area contributed by atoms with Crippen molar-refractivity contribution in [3.63, 3.8) is 0 Å². The molecule has 0 bridgehead atoms. The van der Waals surface area contributed by atoms with Crippen LogP contribution in [0.15, 0.2) is 36.8 Å². The van der Waals surface area contributed by atoms with Gasteiger partial charge < -0.3 is 14.6 Å². The highest BCUT2D eigenvalue weighted by Crippen LogP contribution is 2.34. The smallest absolute Gasteiger partial charge is 0.235 e. The zero-order valence-electron chi connectivity index (χ0n) is 10.2. The molecule has 0 radical (unpaired) electrons. The van der Waals surface area contributed by atoms with E-state index in [0.29, 0.717) is 12.3 Å². The maximum absolute atomic E-state index is 9.21. The van der Waals surface area contributed by atoms with Crippen LogP contribution in [-0.4, -0.2) is 44.4 Å². The number of hydrogen-bond donors (Lipinski definition) is 1. The lowest BCUT2D eigenvalue weighted by Crippen LogP contribution is -2.35. The zero-order valence-corrected chi connectivity index (χ0v) is 10.2. The van der Waals surface area contributed by atoms with E-state index >= 15 is 0 Å². The Morgan fingerprint density at radius 2 is 2.16 bits per heavy atom. The van der Waals surface area contributed by atoms with Crippen molar-refractivity contribution in [1.29, 1.82) is 0 Å². The topological polar surface area (TPSA) is 82.3 Å². The van der Waals surface area contributed by atoms with Crippen molar-refractivity contribution in [2.75, 3.05) is 13.2 Å². The second-order valence-electron chi connectivity index (χ2n) is 4.26. The molecule has 0 aliphatic carbocycles. The SMILES string of the molecule is OC[C@H]1CO[C@](Cn2nccn2)(c2ccccn2)O1. The Morgan fingerprint density at radius 3 is 2.79 bits per heavy atom. The third-order valence-corrected chi connectivity index (χ3v) is 2.93. The van der Waals surface area contributed by atoms with Crippen molar-refractivity contribution < 1.29 is 14.6 Å². The molecule has 19 heavy (non-hydrogen) atoms. The molecule has 0 unspecified atom stereocenters. The summed E-state index contributed by atoms with van der Waals surface area (Å²) in [7, 11) is 0. The molecule has 0 saturated carbocycles. The van der Waals surface area contributed by atoms with Crippen LogP contribution in [0.4, 0.5) is 0 Å². The van der Waals surface area contributed by atoms with Crippen molar-refractivity contribution >= 4 is 0 Å². The number of pyridine rings is 1. The predicted molar refractivity (Wildman–Crippen MR) is 63.8 cm³/mol. The largest absolute Gasteiger partial charge is 0.394 e. The lowest BCUT2D eigenvalue weighted by molar-refractivity contribution is -0.195. The molecule has 7 heteroatoms. The summed E-state index contributed by atoms with van der Waals surface area (Å²) < 4.78 is 11.6. The molecule has 0 amide bonds. The second kappa shape index (κ2) is 5.04. The molecule has 1 N–H and O–H groups in total. The lowest BCUT2D eigenvalue weighted by atomic mass is 10.1. The fourth-order valence-corrected chi connectivity index (χ4v) is 2.05. The van der Waals surface area contributed by atoms with Crippen molar-refractivity contribution in [2.45, 2.75) is 18.4 Å². The first-order chi connectivity index (χ1) is 9.32. The van der Waals surface area contributed by atoms with Crippen LogP contribution < -0.4 is 0 Å². The minimum absolute atomic E-state index is 0.0961. The van der Waals surface area contributed by atoms with Gasteiger partial charge in [0.05, 0.1) is 25.6 Å². The van der Waals surface area contributed by atoms with Gasteiger partial charge in [0, 0.05) is 6.20 Å². The van der Waals surface area contributed by atoms with Gasteiger partial charge in [-0.15, -0.1) is 0 Å². The van der Waals surface area contributed by atoms with Crippen LogP contribution in [0.1, 0.15) is 5.69 Å². The Kier molecular flexibility index (Phi) is 3.24. The van der Waals surface area contributed by atoms with Gasteiger partial charge in [-0.2, -0.15) is 15.0 Å². The van der Waals surface area contributed by atoms with E-state index in [0.717, 1.165) is 0 Å². The molecule has 0 spiro atoms. The van der Waals surface area contributed by atoms with Gasteiger partial charge in [-0.3, -0.25) is 4.98 Å². The maximum Gasteiger partial charge on any atom is 0.235 e. The fourth-order valence-electron chi connectivity index (χ4n) is 2.05. The number of aliphatic hydroxyl groups is 1. The summed E-state index contributed by atoms with van der Waals surface area (Å²) in [6, 6.07) is 5.50. The minimum atomic E-state index is -1.05. The molecule has 2 aromatic rings. The summed E-state index contributed by atoms with van der Waals surface area (Å²) in [5, 5.41) is 17.3. The van der Waals surface area contributed by atoms with E-state index in [9.17, 15) is 5.11 Å². The molecule has 3 heterocycles. The number of ether oxygens (including phenoxy) is 2. The molecule has 2 aromatic heterocycles. The Bertz CT molecular complexity index is 519. The van der Waals surface area contributed by atoms with E-state index in [1.165, 1.54) is 4.80 Å². The molecule has 1 fully saturated rings. The third kappa shape index (κ3) is 2.35. The van der Waals surface area contributed by atoms with E-state index in [-0.39, 0.29) is 19.3 Å². The fraction of sp³-hybridized carbons (Fsp3) is 0.417. The van der Waals surface area contributed by atoms with Crippen LogP contribution in [0.2, 0.25) is 0 Å².